The molecule has 3 rings (SSSR count). The molecule has 4 nitrogen and oxygen atoms in total. The van der Waals surface area contributed by atoms with Crippen molar-refractivity contribution in [3.63, 3.8) is 0 Å². The van der Waals surface area contributed by atoms with Gasteiger partial charge in [0.1, 0.15) is 5.75 Å². The van der Waals surface area contributed by atoms with Crippen molar-refractivity contribution in [2.24, 2.45) is 5.10 Å². The van der Waals surface area contributed by atoms with Gasteiger partial charge >= 0.3 is 0 Å². The van der Waals surface area contributed by atoms with Crippen molar-refractivity contribution in [3.05, 3.63) is 59.7 Å². The van der Waals surface area contributed by atoms with Gasteiger partial charge in [-0.3, -0.25) is 5.01 Å². The number of para-hydroxylation sites is 2. The zero-order valence-electron chi connectivity index (χ0n) is 16.3. The molecule has 1 aliphatic rings. The van der Waals surface area contributed by atoms with Crippen molar-refractivity contribution >= 4 is 11.9 Å². The molecule has 138 valence electrons. The molecule has 0 unspecified atom stereocenters. The SMILES string of the molecule is COc1ccccc1N1CCN(/N=C\c2ccc(C(C)(C)C)cc2)CC1. The fourth-order valence-corrected chi connectivity index (χ4v) is 3.16. The first-order chi connectivity index (χ1) is 12.5. The lowest BCUT2D eigenvalue weighted by Crippen LogP contribution is -2.44. The number of methoxy groups -OCH3 is 1. The van der Waals surface area contributed by atoms with Crippen LogP contribution in [0.1, 0.15) is 31.9 Å². The van der Waals surface area contributed by atoms with Crippen LogP contribution in [0.4, 0.5) is 5.69 Å². The number of hydrazone groups is 1. The molecule has 1 saturated heterocycles. The summed E-state index contributed by atoms with van der Waals surface area (Å²) in [7, 11) is 1.73. The Morgan fingerprint density at radius 1 is 0.923 bits per heavy atom. The minimum atomic E-state index is 0.185. The third-order valence-corrected chi connectivity index (χ3v) is 4.83. The maximum atomic E-state index is 5.48. The minimum absolute atomic E-state index is 0.185. The summed E-state index contributed by atoms with van der Waals surface area (Å²) in [5, 5.41) is 6.81. The third kappa shape index (κ3) is 4.37. The van der Waals surface area contributed by atoms with Crippen LogP contribution in [0.2, 0.25) is 0 Å². The summed E-state index contributed by atoms with van der Waals surface area (Å²) in [6, 6.07) is 16.9. The van der Waals surface area contributed by atoms with Crippen LogP contribution in [0.5, 0.6) is 5.75 Å². The first kappa shape index (κ1) is 18.3. The second-order valence-electron chi connectivity index (χ2n) is 7.73. The van der Waals surface area contributed by atoms with Crippen LogP contribution < -0.4 is 9.64 Å². The molecule has 0 radical (unpaired) electrons. The molecule has 2 aromatic rings. The molecular weight excluding hydrogens is 322 g/mol. The molecule has 0 N–H and O–H groups in total. The van der Waals surface area contributed by atoms with E-state index in [1.807, 2.05) is 18.3 Å². The van der Waals surface area contributed by atoms with E-state index in [1.54, 1.807) is 7.11 Å². The van der Waals surface area contributed by atoms with Gasteiger partial charge in [-0.15, -0.1) is 0 Å². The minimum Gasteiger partial charge on any atom is -0.495 e. The highest BCUT2D eigenvalue weighted by Crippen LogP contribution is 2.28. The van der Waals surface area contributed by atoms with Gasteiger partial charge in [0.05, 0.1) is 32.1 Å². The van der Waals surface area contributed by atoms with Crippen LogP contribution >= 0.6 is 0 Å². The first-order valence-corrected chi connectivity index (χ1v) is 9.25. The topological polar surface area (TPSA) is 28.1 Å². The molecule has 1 fully saturated rings. The Kier molecular flexibility index (Phi) is 5.50. The van der Waals surface area contributed by atoms with Gasteiger partial charge in [0.2, 0.25) is 0 Å². The number of rotatable bonds is 4. The van der Waals surface area contributed by atoms with Crippen molar-refractivity contribution in [2.75, 3.05) is 38.2 Å². The van der Waals surface area contributed by atoms with E-state index >= 15 is 0 Å². The maximum Gasteiger partial charge on any atom is 0.142 e. The average molecular weight is 351 g/mol. The van der Waals surface area contributed by atoms with E-state index in [4.69, 9.17) is 4.74 Å². The predicted molar refractivity (Wildman–Crippen MR) is 110 cm³/mol. The highest BCUT2D eigenvalue weighted by molar-refractivity contribution is 5.79. The fourth-order valence-electron chi connectivity index (χ4n) is 3.16. The largest absolute Gasteiger partial charge is 0.495 e. The van der Waals surface area contributed by atoms with Gasteiger partial charge < -0.3 is 9.64 Å². The predicted octanol–water partition coefficient (Wildman–Crippen LogP) is 4.15. The quantitative estimate of drug-likeness (QED) is 0.775. The average Bonchev–Trinajstić information content (AvgIpc) is 2.66. The number of anilines is 1. The van der Waals surface area contributed by atoms with Crippen LogP contribution in [0, 0.1) is 0 Å². The van der Waals surface area contributed by atoms with Crippen LogP contribution in [-0.4, -0.2) is 44.5 Å². The standard InChI is InChI=1S/C22H29N3O/c1-22(2,3)19-11-9-18(10-12-19)17-23-25-15-13-24(14-16-25)20-7-5-6-8-21(20)26-4/h5-12,17H,13-16H2,1-4H3/b23-17-. The number of hydrogen-bond donors (Lipinski definition) is 0. The van der Waals surface area contributed by atoms with Crippen molar-refractivity contribution in [1.29, 1.82) is 0 Å². The van der Waals surface area contributed by atoms with Gasteiger partial charge in [-0.25, -0.2) is 0 Å². The molecule has 0 aliphatic carbocycles. The van der Waals surface area contributed by atoms with Crippen molar-refractivity contribution in [3.8, 4) is 5.75 Å². The molecule has 4 heteroatoms. The number of ether oxygens (including phenoxy) is 1. The van der Waals surface area contributed by atoms with Gasteiger partial charge in [0.25, 0.3) is 0 Å². The molecule has 0 atom stereocenters. The number of hydrogen-bond acceptors (Lipinski definition) is 4. The number of piperazine rings is 1. The van der Waals surface area contributed by atoms with Gasteiger partial charge in [-0.2, -0.15) is 5.10 Å². The zero-order valence-corrected chi connectivity index (χ0v) is 16.3. The summed E-state index contributed by atoms with van der Waals surface area (Å²) in [4.78, 5) is 2.36. The Balaban J connectivity index is 1.58. The second-order valence-corrected chi connectivity index (χ2v) is 7.73. The summed E-state index contributed by atoms with van der Waals surface area (Å²) in [6.45, 7) is 10.4. The summed E-state index contributed by atoms with van der Waals surface area (Å²) in [6.07, 6.45) is 1.96. The van der Waals surface area contributed by atoms with E-state index in [9.17, 15) is 0 Å². The van der Waals surface area contributed by atoms with E-state index < -0.39 is 0 Å². The Hall–Kier alpha value is -2.49. The molecular formula is C22H29N3O. The van der Waals surface area contributed by atoms with Crippen LogP contribution in [0.25, 0.3) is 0 Å². The van der Waals surface area contributed by atoms with Crippen molar-refractivity contribution in [2.45, 2.75) is 26.2 Å². The van der Waals surface area contributed by atoms with Gasteiger partial charge in [0.15, 0.2) is 0 Å². The molecule has 1 heterocycles. The fraction of sp³-hybridized carbons (Fsp3) is 0.409. The normalized spacial score (nSPS) is 15.5. The van der Waals surface area contributed by atoms with E-state index in [0.29, 0.717) is 0 Å². The van der Waals surface area contributed by atoms with E-state index in [2.05, 4.69) is 72.2 Å². The van der Waals surface area contributed by atoms with Crippen molar-refractivity contribution in [1.82, 2.24) is 5.01 Å². The summed E-state index contributed by atoms with van der Waals surface area (Å²) >= 11 is 0. The van der Waals surface area contributed by atoms with E-state index in [1.165, 1.54) is 5.56 Å². The smallest absolute Gasteiger partial charge is 0.142 e. The van der Waals surface area contributed by atoms with Crippen LogP contribution in [0.3, 0.4) is 0 Å². The molecule has 26 heavy (non-hydrogen) atoms. The summed E-state index contributed by atoms with van der Waals surface area (Å²) in [5.41, 5.74) is 3.84. The second kappa shape index (κ2) is 7.81. The molecule has 2 aromatic carbocycles. The first-order valence-electron chi connectivity index (χ1n) is 9.25. The number of nitrogens with zero attached hydrogens (tertiary/aromatic N) is 3. The van der Waals surface area contributed by atoms with Gasteiger partial charge in [-0.1, -0.05) is 57.2 Å². The van der Waals surface area contributed by atoms with Crippen LogP contribution in [0.15, 0.2) is 53.6 Å². The maximum absolute atomic E-state index is 5.48. The molecule has 0 saturated carbocycles. The van der Waals surface area contributed by atoms with Crippen molar-refractivity contribution < 1.29 is 4.74 Å². The summed E-state index contributed by atoms with van der Waals surface area (Å²) in [5.74, 6) is 0.934. The van der Waals surface area contributed by atoms with Crippen LogP contribution in [-0.2, 0) is 5.41 Å². The molecule has 1 aliphatic heterocycles. The van der Waals surface area contributed by atoms with Gasteiger partial charge in [-0.05, 0) is 28.7 Å². The van der Waals surface area contributed by atoms with E-state index in [-0.39, 0.29) is 5.41 Å². The Morgan fingerprint density at radius 3 is 2.19 bits per heavy atom. The zero-order chi connectivity index (χ0) is 18.6. The Labute approximate surface area is 157 Å². The highest BCUT2D eigenvalue weighted by atomic mass is 16.5. The lowest BCUT2D eigenvalue weighted by molar-refractivity contribution is 0.271. The van der Waals surface area contributed by atoms with Gasteiger partial charge in [0, 0.05) is 13.1 Å². The molecule has 0 spiro atoms. The summed E-state index contributed by atoms with van der Waals surface area (Å²) < 4.78 is 5.48. The molecule has 0 bridgehead atoms. The third-order valence-electron chi connectivity index (χ3n) is 4.83. The molecule has 0 aromatic heterocycles. The monoisotopic (exact) mass is 351 g/mol. The van der Waals surface area contributed by atoms with E-state index in [0.717, 1.165) is 43.2 Å². The lowest BCUT2D eigenvalue weighted by atomic mass is 9.87. The Bertz CT molecular complexity index is 739. The highest BCUT2D eigenvalue weighted by Gasteiger charge is 2.18. The lowest BCUT2D eigenvalue weighted by Gasteiger charge is -2.35. The Morgan fingerprint density at radius 2 is 1.58 bits per heavy atom. The number of benzene rings is 2. The molecule has 0 amide bonds.